The third-order valence-electron chi connectivity index (χ3n) is 3.28. The van der Waals surface area contributed by atoms with E-state index in [1.807, 2.05) is 13.0 Å². The molecule has 22 heavy (non-hydrogen) atoms. The summed E-state index contributed by atoms with van der Waals surface area (Å²) in [4.78, 5) is 12.3. The number of aryl methyl sites for hydroxylation is 1. The predicted molar refractivity (Wildman–Crippen MR) is 85.3 cm³/mol. The third-order valence-corrected chi connectivity index (χ3v) is 6.19. The van der Waals surface area contributed by atoms with Crippen LogP contribution >= 0.6 is 11.3 Å². The lowest BCUT2D eigenvalue weighted by Crippen LogP contribution is -2.42. The maximum absolute atomic E-state index is 12.8. The van der Waals surface area contributed by atoms with E-state index in [0.717, 1.165) is 14.7 Å². The summed E-state index contributed by atoms with van der Waals surface area (Å²) < 4.78 is 26.6. The molecular weight excluding hydrogens is 322 g/mol. The van der Waals surface area contributed by atoms with Crippen LogP contribution in [-0.4, -0.2) is 29.8 Å². The fraction of sp³-hybridized carbons (Fsp3) is 0.267. The molecule has 0 amide bonds. The summed E-state index contributed by atoms with van der Waals surface area (Å²) in [5, 5.41) is 10.8. The largest absolute Gasteiger partial charge is 0.480 e. The third kappa shape index (κ3) is 3.55. The summed E-state index contributed by atoms with van der Waals surface area (Å²) in [7, 11) is -3.86. The van der Waals surface area contributed by atoms with Gasteiger partial charge in [-0.15, -0.1) is 11.3 Å². The van der Waals surface area contributed by atoms with Crippen molar-refractivity contribution in [1.29, 1.82) is 0 Å². The van der Waals surface area contributed by atoms with Crippen LogP contribution in [0, 0.1) is 6.92 Å². The highest BCUT2D eigenvalue weighted by molar-refractivity contribution is 7.89. The Labute approximate surface area is 133 Å². The molecule has 118 valence electrons. The Morgan fingerprint density at radius 2 is 1.95 bits per heavy atom. The van der Waals surface area contributed by atoms with E-state index in [4.69, 9.17) is 0 Å². The number of thiophene rings is 1. The fourth-order valence-corrected chi connectivity index (χ4v) is 4.70. The van der Waals surface area contributed by atoms with Crippen molar-refractivity contribution in [1.82, 2.24) is 4.31 Å². The molecule has 5 nitrogen and oxygen atoms in total. The van der Waals surface area contributed by atoms with Gasteiger partial charge in [-0.05, 0) is 25.5 Å². The molecule has 1 aromatic heterocycles. The zero-order valence-electron chi connectivity index (χ0n) is 12.3. The number of carbonyl (C=O) groups is 1. The highest BCUT2D eigenvalue weighted by atomic mass is 32.2. The standard InChI is InChI=1S/C15H17NO4S2/c1-11-8-14(10-21-11)22(19,20)16(12(2)15(17)18)9-13-6-4-3-5-7-13/h3-8,10,12H,9H2,1-2H3,(H,17,18). The average molecular weight is 339 g/mol. The van der Waals surface area contributed by atoms with Crippen LogP contribution in [-0.2, 0) is 21.4 Å². The number of rotatable bonds is 6. The van der Waals surface area contributed by atoms with Gasteiger partial charge in [0, 0.05) is 16.8 Å². The van der Waals surface area contributed by atoms with Gasteiger partial charge in [0.15, 0.2) is 0 Å². The molecule has 1 heterocycles. The Bertz CT molecular complexity index is 753. The normalized spacial score (nSPS) is 13.2. The molecule has 1 N–H and O–H groups in total. The summed E-state index contributed by atoms with van der Waals surface area (Å²) in [5.41, 5.74) is 0.742. The van der Waals surface area contributed by atoms with Gasteiger partial charge in [-0.25, -0.2) is 8.42 Å². The zero-order valence-corrected chi connectivity index (χ0v) is 13.9. The Kier molecular flexibility index (Phi) is 5.00. The molecule has 1 unspecified atom stereocenters. The van der Waals surface area contributed by atoms with Crippen LogP contribution in [0.4, 0.5) is 0 Å². The van der Waals surface area contributed by atoms with Crippen molar-refractivity contribution < 1.29 is 18.3 Å². The lowest BCUT2D eigenvalue weighted by atomic mass is 10.2. The van der Waals surface area contributed by atoms with Crippen molar-refractivity contribution in [2.24, 2.45) is 0 Å². The molecule has 0 aliphatic rings. The van der Waals surface area contributed by atoms with Gasteiger partial charge in [0.1, 0.15) is 6.04 Å². The molecule has 0 saturated heterocycles. The Morgan fingerprint density at radius 3 is 2.45 bits per heavy atom. The number of sulfonamides is 1. The summed E-state index contributed by atoms with van der Waals surface area (Å²) in [6, 6.07) is 9.37. The average Bonchev–Trinajstić information content (AvgIpc) is 2.92. The molecule has 2 aromatic rings. The smallest absolute Gasteiger partial charge is 0.321 e. The number of aliphatic carboxylic acids is 1. The first kappa shape index (κ1) is 16.7. The van der Waals surface area contributed by atoms with E-state index in [1.54, 1.807) is 30.3 Å². The lowest BCUT2D eigenvalue weighted by Gasteiger charge is -2.25. The van der Waals surface area contributed by atoms with Gasteiger partial charge in [-0.1, -0.05) is 30.3 Å². The summed E-state index contributed by atoms with van der Waals surface area (Å²) in [5.74, 6) is -1.17. The first-order chi connectivity index (χ1) is 10.3. The molecule has 2 rings (SSSR count). The van der Waals surface area contributed by atoms with E-state index in [1.165, 1.54) is 23.6 Å². The number of carboxylic acids is 1. The van der Waals surface area contributed by atoms with Crippen LogP contribution in [0.1, 0.15) is 17.4 Å². The van der Waals surface area contributed by atoms with Gasteiger partial charge < -0.3 is 5.11 Å². The van der Waals surface area contributed by atoms with Gasteiger partial charge >= 0.3 is 5.97 Å². The molecule has 7 heteroatoms. The molecule has 0 aliphatic carbocycles. The highest BCUT2D eigenvalue weighted by Crippen LogP contribution is 2.25. The second-order valence-corrected chi connectivity index (χ2v) is 7.95. The second-order valence-electron chi connectivity index (χ2n) is 4.94. The molecular formula is C15H17NO4S2. The van der Waals surface area contributed by atoms with Crippen molar-refractivity contribution in [2.75, 3.05) is 0 Å². The minimum absolute atomic E-state index is 0.0194. The molecule has 0 fully saturated rings. The van der Waals surface area contributed by atoms with E-state index >= 15 is 0 Å². The van der Waals surface area contributed by atoms with Crippen LogP contribution in [0.3, 0.4) is 0 Å². The van der Waals surface area contributed by atoms with Gasteiger partial charge in [-0.2, -0.15) is 4.31 Å². The minimum Gasteiger partial charge on any atom is -0.480 e. The quantitative estimate of drug-likeness (QED) is 0.878. The van der Waals surface area contributed by atoms with E-state index in [2.05, 4.69) is 0 Å². The van der Waals surface area contributed by atoms with E-state index < -0.39 is 22.0 Å². The van der Waals surface area contributed by atoms with Crippen molar-refractivity contribution >= 4 is 27.3 Å². The highest BCUT2D eigenvalue weighted by Gasteiger charge is 2.33. The minimum atomic E-state index is -3.86. The lowest BCUT2D eigenvalue weighted by molar-refractivity contribution is -0.141. The maximum atomic E-state index is 12.8. The summed E-state index contributed by atoms with van der Waals surface area (Å²) in [6.45, 7) is 3.21. The number of hydrogen-bond donors (Lipinski definition) is 1. The maximum Gasteiger partial charge on any atom is 0.321 e. The molecule has 1 atom stereocenters. The van der Waals surface area contributed by atoms with Crippen LogP contribution in [0.2, 0.25) is 0 Å². The SMILES string of the molecule is Cc1cc(S(=O)(=O)N(Cc2ccccc2)C(C)C(=O)O)cs1. The molecule has 0 spiro atoms. The van der Waals surface area contributed by atoms with Gasteiger partial charge in [0.25, 0.3) is 0 Å². The van der Waals surface area contributed by atoms with Gasteiger partial charge in [0.2, 0.25) is 10.0 Å². The topological polar surface area (TPSA) is 74.7 Å². The number of benzene rings is 1. The molecule has 1 aromatic carbocycles. The van der Waals surface area contributed by atoms with Crippen LogP contribution in [0.5, 0.6) is 0 Å². The van der Waals surface area contributed by atoms with Gasteiger partial charge in [0.05, 0.1) is 4.90 Å². The van der Waals surface area contributed by atoms with Crippen LogP contribution < -0.4 is 0 Å². The fourth-order valence-electron chi connectivity index (χ4n) is 2.01. The number of carboxylic acid groups (broad SMARTS) is 1. The second kappa shape index (κ2) is 6.60. The first-order valence-electron chi connectivity index (χ1n) is 6.66. The Balaban J connectivity index is 2.42. The predicted octanol–water partition coefficient (Wildman–Crippen LogP) is 2.72. The summed E-state index contributed by atoms with van der Waals surface area (Å²) in [6.07, 6.45) is 0. The van der Waals surface area contributed by atoms with Crippen molar-refractivity contribution in [3.8, 4) is 0 Å². The number of nitrogens with zero attached hydrogens (tertiary/aromatic N) is 1. The molecule has 0 aliphatic heterocycles. The molecule has 0 radical (unpaired) electrons. The van der Waals surface area contributed by atoms with Gasteiger partial charge in [-0.3, -0.25) is 4.79 Å². The van der Waals surface area contributed by atoms with E-state index in [0.29, 0.717) is 0 Å². The van der Waals surface area contributed by atoms with Crippen LogP contribution in [0.15, 0.2) is 46.7 Å². The Hall–Kier alpha value is -1.70. The molecule has 0 saturated carbocycles. The van der Waals surface area contributed by atoms with Crippen molar-refractivity contribution in [3.63, 3.8) is 0 Å². The molecule has 0 bridgehead atoms. The zero-order chi connectivity index (χ0) is 16.3. The van der Waals surface area contributed by atoms with Crippen molar-refractivity contribution in [3.05, 3.63) is 52.2 Å². The Morgan fingerprint density at radius 1 is 1.32 bits per heavy atom. The number of hydrogen-bond acceptors (Lipinski definition) is 4. The van der Waals surface area contributed by atoms with Crippen LogP contribution in [0.25, 0.3) is 0 Å². The summed E-state index contributed by atoms with van der Waals surface area (Å²) >= 11 is 1.32. The van der Waals surface area contributed by atoms with Crippen molar-refractivity contribution in [2.45, 2.75) is 31.3 Å². The monoisotopic (exact) mass is 339 g/mol. The van der Waals surface area contributed by atoms with E-state index in [-0.39, 0.29) is 11.4 Å². The first-order valence-corrected chi connectivity index (χ1v) is 8.98. The van der Waals surface area contributed by atoms with E-state index in [9.17, 15) is 18.3 Å².